The third kappa shape index (κ3) is 7.10. The number of benzene rings is 3. The molecule has 0 spiro atoms. The van der Waals surface area contributed by atoms with Gasteiger partial charge in [0.25, 0.3) is 0 Å². The largest absolute Gasteiger partial charge is 0.381 e. The highest BCUT2D eigenvalue weighted by Crippen LogP contribution is 2.14. The maximum absolute atomic E-state index is 3.48. The van der Waals surface area contributed by atoms with Crippen LogP contribution in [0.5, 0.6) is 0 Å². The molecule has 3 rings (SSSR count). The van der Waals surface area contributed by atoms with E-state index >= 15 is 0 Å². The van der Waals surface area contributed by atoms with Crippen molar-refractivity contribution in [1.29, 1.82) is 0 Å². The van der Waals surface area contributed by atoms with Gasteiger partial charge in [0.2, 0.25) is 0 Å². The monoisotopic (exact) mass is 416 g/mol. The molecule has 0 radical (unpaired) electrons. The van der Waals surface area contributed by atoms with Crippen LogP contribution in [0.2, 0.25) is 0 Å². The summed E-state index contributed by atoms with van der Waals surface area (Å²) >= 11 is 0. The predicted molar refractivity (Wildman–Crippen MR) is 127 cm³/mol. The lowest BCUT2D eigenvalue weighted by molar-refractivity contribution is 1.10. The van der Waals surface area contributed by atoms with Gasteiger partial charge < -0.3 is 10.6 Å². The molecule has 28 heavy (non-hydrogen) atoms. The van der Waals surface area contributed by atoms with Crippen molar-refractivity contribution in [3.63, 3.8) is 0 Å². The average molecular weight is 417 g/mol. The second kappa shape index (κ2) is 12.3. The molecular weight excluding hydrogens is 387 g/mol. The Labute approximate surface area is 181 Å². The van der Waals surface area contributed by atoms with Crippen molar-refractivity contribution in [2.24, 2.45) is 0 Å². The summed E-state index contributed by atoms with van der Waals surface area (Å²) < 4.78 is 0. The zero-order valence-electron chi connectivity index (χ0n) is 16.6. The molecule has 3 aromatic rings. The normalized spacial score (nSPS) is 9.79. The summed E-state index contributed by atoms with van der Waals surface area (Å²) in [4.78, 5) is 0. The second-order valence-electron chi connectivity index (χ2n) is 6.62. The first kappa shape index (κ1) is 23.9. The van der Waals surface area contributed by atoms with E-state index in [2.05, 4.69) is 97.3 Å². The molecule has 0 bridgehead atoms. The Balaban J connectivity index is 0.00000196. The van der Waals surface area contributed by atoms with Gasteiger partial charge in [0, 0.05) is 24.5 Å². The Morgan fingerprint density at radius 2 is 0.750 bits per heavy atom. The van der Waals surface area contributed by atoms with E-state index in [1.165, 1.54) is 33.6 Å². The fourth-order valence-electron chi connectivity index (χ4n) is 2.90. The number of halogens is 2. The summed E-state index contributed by atoms with van der Waals surface area (Å²) in [6.45, 7) is 6.05. The SMILES string of the molecule is CCc1ccc(NCc2ccc(CNc3ccc(CC)cc3)cc2)cc1.Cl.Cl. The Morgan fingerprint density at radius 1 is 0.464 bits per heavy atom. The minimum atomic E-state index is 0. The summed E-state index contributed by atoms with van der Waals surface area (Å²) in [5, 5.41) is 6.97. The molecule has 0 saturated heterocycles. The molecule has 3 aromatic carbocycles. The zero-order chi connectivity index (χ0) is 18.2. The number of hydrogen-bond donors (Lipinski definition) is 2. The van der Waals surface area contributed by atoms with Crippen LogP contribution >= 0.6 is 24.8 Å². The number of hydrogen-bond acceptors (Lipinski definition) is 2. The fraction of sp³-hybridized carbons (Fsp3) is 0.250. The smallest absolute Gasteiger partial charge is 0.0400 e. The lowest BCUT2D eigenvalue weighted by atomic mass is 10.1. The molecular formula is C24H30Cl2N2. The van der Waals surface area contributed by atoms with Crippen LogP contribution in [0, 0.1) is 0 Å². The van der Waals surface area contributed by atoms with Gasteiger partial charge >= 0.3 is 0 Å². The van der Waals surface area contributed by atoms with Crippen LogP contribution in [0.1, 0.15) is 36.1 Å². The lowest BCUT2D eigenvalue weighted by Crippen LogP contribution is -2.02. The van der Waals surface area contributed by atoms with Gasteiger partial charge in [-0.2, -0.15) is 0 Å². The molecule has 4 heteroatoms. The first-order valence-electron chi connectivity index (χ1n) is 9.50. The topological polar surface area (TPSA) is 24.1 Å². The van der Waals surface area contributed by atoms with Crippen molar-refractivity contribution < 1.29 is 0 Å². The molecule has 0 aromatic heterocycles. The highest BCUT2D eigenvalue weighted by molar-refractivity contribution is 5.85. The van der Waals surface area contributed by atoms with Gasteiger partial charge in [-0.25, -0.2) is 0 Å². The van der Waals surface area contributed by atoms with Crippen LogP contribution in [0.15, 0.2) is 72.8 Å². The molecule has 0 aliphatic heterocycles. The number of rotatable bonds is 8. The minimum Gasteiger partial charge on any atom is -0.381 e. The van der Waals surface area contributed by atoms with E-state index in [1.54, 1.807) is 0 Å². The maximum Gasteiger partial charge on any atom is 0.0400 e. The van der Waals surface area contributed by atoms with E-state index in [9.17, 15) is 0 Å². The van der Waals surface area contributed by atoms with Gasteiger partial charge in [0.05, 0.1) is 0 Å². The van der Waals surface area contributed by atoms with Crippen molar-refractivity contribution in [3.05, 3.63) is 95.1 Å². The van der Waals surface area contributed by atoms with Crippen LogP contribution < -0.4 is 10.6 Å². The van der Waals surface area contributed by atoms with Gasteiger partial charge in [-0.15, -0.1) is 24.8 Å². The fourth-order valence-corrected chi connectivity index (χ4v) is 2.90. The minimum absolute atomic E-state index is 0. The molecule has 2 N–H and O–H groups in total. The summed E-state index contributed by atoms with van der Waals surface area (Å²) in [6.07, 6.45) is 2.16. The molecule has 0 heterocycles. The molecule has 0 aliphatic rings. The molecule has 150 valence electrons. The van der Waals surface area contributed by atoms with E-state index in [1.807, 2.05) is 0 Å². The molecule has 2 nitrogen and oxygen atoms in total. The Morgan fingerprint density at radius 3 is 1.04 bits per heavy atom. The third-order valence-electron chi connectivity index (χ3n) is 4.74. The summed E-state index contributed by atoms with van der Waals surface area (Å²) in [5.74, 6) is 0. The highest BCUT2D eigenvalue weighted by atomic mass is 35.5. The van der Waals surface area contributed by atoms with Crippen LogP contribution in [-0.4, -0.2) is 0 Å². The summed E-state index contributed by atoms with van der Waals surface area (Å²) in [5.41, 5.74) is 7.67. The van der Waals surface area contributed by atoms with Crippen LogP contribution in [-0.2, 0) is 25.9 Å². The standard InChI is InChI=1S/C24H28N2.2ClH/c1-3-19-9-13-23(14-10-19)25-17-21-5-7-22(8-6-21)18-26-24-15-11-20(4-2)12-16-24;;/h5-16,25-26H,3-4,17-18H2,1-2H3;2*1H. The molecule has 0 amide bonds. The predicted octanol–water partition coefficient (Wildman–Crippen LogP) is 6.88. The van der Waals surface area contributed by atoms with E-state index in [4.69, 9.17) is 0 Å². The maximum atomic E-state index is 3.48. The Bertz CT molecular complexity index is 727. The van der Waals surface area contributed by atoms with Gasteiger partial charge in [-0.05, 0) is 59.4 Å². The van der Waals surface area contributed by atoms with Crippen LogP contribution in [0.3, 0.4) is 0 Å². The number of aryl methyl sites for hydroxylation is 2. The molecule has 0 fully saturated rings. The van der Waals surface area contributed by atoms with Crippen molar-refractivity contribution in [3.8, 4) is 0 Å². The Kier molecular flexibility index (Phi) is 10.5. The lowest BCUT2D eigenvalue weighted by Gasteiger charge is -2.10. The molecule has 0 aliphatic carbocycles. The van der Waals surface area contributed by atoms with Crippen LogP contribution in [0.4, 0.5) is 11.4 Å². The summed E-state index contributed by atoms with van der Waals surface area (Å²) in [6, 6.07) is 26.1. The Hall–Kier alpha value is -2.16. The first-order valence-corrected chi connectivity index (χ1v) is 9.50. The van der Waals surface area contributed by atoms with E-state index in [-0.39, 0.29) is 24.8 Å². The number of anilines is 2. The van der Waals surface area contributed by atoms with Gasteiger partial charge in [-0.1, -0.05) is 62.4 Å². The van der Waals surface area contributed by atoms with Crippen molar-refractivity contribution in [1.82, 2.24) is 0 Å². The number of nitrogens with one attached hydrogen (secondary N) is 2. The van der Waals surface area contributed by atoms with Gasteiger partial charge in [-0.3, -0.25) is 0 Å². The molecule has 0 saturated carbocycles. The second-order valence-corrected chi connectivity index (χ2v) is 6.62. The third-order valence-corrected chi connectivity index (χ3v) is 4.74. The molecule has 0 atom stereocenters. The van der Waals surface area contributed by atoms with E-state index < -0.39 is 0 Å². The van der Waals surface area contributed by atoms with Gasteiger partial charge in [0.15, 0.2) is 0 Å². The van der Waals surface area contributed by atoms with Crippen LogP contribution in [0.25, 0.3) is 0 Å². The first-order chi connectivity index (χ1) is 12.8. The van der Waals surface area contributed by atoms with Crippen molar-refractivity contribution in [2.75, 3.05) is 10.6 Å². The quantitative estimate of drug-likeness (QED) is 0.418. The van der Waals surface area contributed by atoms with Crippen molar-refractivity contribution >= 4 is 36.2 Å². The van der Waals surface area contributed by atoms with E-state index in [0.29, 0.717) is 0 Å². The molecule has 0 unspecified atom stereocenters. The summed E-state index contributed by atoms with van der Waals surface area (Å²) in [7, 11) is 0. The van der Waals surface area contributed by atoms with Gasteiger partial charge in [0.1, 0.15) is 0 Å². The van der Waals surface area contributed by atoms with Crippen molar-refractivity contribution in [2.45, 2.75) is 39.8 Å². The van der Waals surface area contributed by atoms with E-state index in [0.717, 1.165) is 25.9 Å². The highest BCUT2D eigenvalue weighted by Gasteiger charge is 1.98. The zero-order valence-corrected chi connectivity index (χ0v) is 18.2. The average Bonchev–Trinajstić information content (AvgIpc) is 2.72.